The van der Waals surface area contributed by atoms with Crippen LogP contribution in [0, 0.1) is 5.82 Å². The number of hydrogen-bond acceptors (Lipinski definition) is 0. The average Bonchev–Trinajstić information content (AvgIpc) is 3.28. The lowest BCUT2D eigenvalue weighted by Crippen LogP contribution is -2.26. The molecule has 0 fully saturated rings. The van der Waals surface area contributed by atoms with Gasteiger partial charge in [0.05, 0.1) is 5.41 Å². The van der Waals surface area contributed by atoms with Crippen molar-refractivity contribution in [3.8, 4) is 22.3 Å². The Morgan fingerprint density at radius 2 is 1.19 bits per heavy atom. The largest absolute Gasteiger partial charge is 0.206 e. The molecule has 0 bridgehead atoms. The fraction of sp³-hybridized carbons (Fsp3) is 0.0345. The van der Waals surface area contributed by atoms with Gasteiger partial charge in [0, 0.05) is 16.0 Å². The normalized spacial score (nSPS) is 14.4. The van der Waals surface area contributed by atoms with Gasteiger partial charge in [-0.15, -0.1) is 0 Å². The van der Waals surface area contributed by atoms with Gasteiger partial charge in [-0.1, -0.05) is 96.5 Å². The van der Waals surface area contributed by atoms with Crippen LogP contribution >= 0.6 is 11.6 Å². The van der Waals surface area contributed by atoms with E-state index in [1.807, 2.05) is 36.4 Å². The van der Waals surface area contributed by atoms with Crippen molar-refractivity contribution >= 4 is 22.4 Å². The highest BCUT2D eigenvalue weighted by Crippen LogP contribution is 2.64. The van der Waals surface area contributed by atoms with E-state index < -0.39 is 5.41 Å². The van der Waals surface area contributed by atoms with Crippen molar-refractivity contribution in [3.63, 3.8) is 0 Å². The van der Waals surface area contributed by atoms with E-state index in [2.05, 4.69) is 54.6 Å². The molecular weight excluding hydrogens is 403 g/mol. The quantitative estimate of drug-likeness (QED) is 0.234. The fourth-order valence-corrected chi connectivity index (χ4v) is 6.25. The zero-order valence-corrected chi connectivity index (χ0v) is 17.2. The second-order valence-corrected chi connectivity index (χ2v) is 8.73. The standard InChI is InChI=1S/C29H16ClF/c30-25-13-6-12-24-27(25)21-16-15-19-20(9-5-14-26(19)31)28(21)29(24)22-10-3-1-7-17(22)18-8-2-4-11-23(18)29/h1-16H. The fourth-order valence-electron chi connectivity index (χ4n) is 5.97. The SMILES string of the molecule is Fc1cccc2c3c(ccc12)-c1c(Cl)cccc1C31c2ccccc2-c2ccccc21. The number of benzene rings is 5. The summed E-state index contributed by atoms with van der Waals surface area (Å²) in [7, 11) is 0. The van der Waals surface area contributed by atoms with E-state index in [1.54, 1.807) is 0 Å². The molecule has 7 rings (SSSR count). The van der Waals surface area contributed by atoms with Gasteiger partial charge < -0.3 is 0 Å². The molecule has 0 aromatic heterocycles. The van der Waals surface area contributed by atoms with Crippen LogP contribution in [0.15, 0.2) is 97.1 Å². The Balaban J connectivity index is 1.80. The molecule has 0 saturated heterocycles. The third-order valence-electron chi connectivity index (χ3n) is 7.02. The molecular formula is C29H16ClF. The van der Waals surface area contributed by atoms with Gasteiger partial charge >= 0.3 is 0 Å². The first-order chi connectivity index (χ1) is 15.2. The van der Waals surface area contributed by atoms with Crippen LogP contribution in [0.25, 0.3) is 33.0 Å². The van der Waals surface area contributed by atoms with Gasteiger partial charge in [0.1, 0.15) is 5.82 Å². The number of hydrogen-bond donors (Lipinski definition) is 0. The Morgan fingerprint density at radius 1 is 0.548 bits per heavy atom. The van der Waals surface area contributed by atoms with E-state index in [9.17, 15) is 4.39 Å². The first-order valence-electron chi connectivity index (χ1n) is 10.4. The number of halogens is 2. The summed E-state index contributed by atoms with van der Waals surface area (Å²) in [6, 6.07) is 32.7. The second kappa shape index (κ2) is 5.84. The first-order valence-corrected chi connectivity index (χ1v) is 10.8. The lowest BCUT2D eigenvalue weighted by molar-refractivity contribution is 0.639. The third kappa shape index (κ3) is 1.91. The molecule has 0 N–H and O–H groups in total. The van der Waals surface area contributed by atoms with Gasteiger partial charge in [0.2, 0.25) is 0 Å². The van der Waals surface area contributed by atoms with Crippen molar-refractivity contribution in [2.75, 3.05) is 0 Å². The molecule has 0 saturated carbocycles. The van der Waals surface area contributed by atoms with Gasteiger partial charge in [-0.2, -0.15) is 0 Å². The van der Waals surface area contributed by atoms with E-state index in [4.69, 9.17) is 11.6 Å². The smallest absolute Gasteiger partial charge is 0.131 e. The van der Waals surface area contributed by atoms with Gasteiger partial charge in [0.15, 0.2) is 0 Å². The van der Waals surface area contributed by atoms with Crippen LogP contribution in [0.5, 0.6) is 0 Å². The summed E-state index contributed by atoms with van der Waals surface area (Å²) in [4.78, 5) is 0. The van der Waals surface area contributed by atoms with Crippen LogP contribution in [0.2, 0.25) is 5.02 Å². The Hall–Kier alpha value is -3.42. The molecule has 2 aliphatic rings. The van der Waals surface area contributed by atoms with Gasteiger partial charge in [-0.25, -0.2) is 4.39 Å². The summed E-state index contributed by atoms with van der Waals surface area (Å²) in [5, 5.41) is 2.32. The van der Waals surface area contributed by atoms with Gasteiger partial charge in [-0.05, 0) is 56.5 Å². The first kappa shape index (κ1) is 17.3. The van der Waals surface area contributed by atoms with Crippen molar-refractivity contribution < 1.29 is 4.39 Å². The van der Waals surface area contributed by atoms with E-state index in [0.717, 1.165) is 27.1 Å². The highest BCUT2D eigenvalue weighted by Gasteiger charge is 2.52. The van der Waals surface area contributed by atoms with Crippen molar-refractivity contribution in [3.05, 3.63) is 130 Å². The molecule has 5 aromatic carbocycles. The maximum Gasteiger partial charge on any atom is 0.131 e. The summed E-state index contributed by atoms with van der Waals surface area (Å²) >= 11 is 6.82. The molecule has 5 aromatic rings. The molecule has 2 aliphatic carbocycles. The highest BCUT2D eigenvalue weighted by molar-refractivity contribution is 6.34. The van der Waals surface area contributed by atoms with Crippen LogP contribution in [-0.4, -0.2) is 0 Å². The maximum absolute atomic E-state index is 14.9. The van der Waals surface area contributed by atoms with E-state index in [-0.39, 0.29) is 5.82 Å². The summed E-state index contributed by atoms with van der Waals surface area (Å²) in [6.45, 7) is 0. The van der Waals surface area contributed by atoms with Gasteiger partial charge in [-0.3, -0.25) is 0 Å². The Morgan fingerprint density at radius 3 is 1.94 bits per heavy atom. The molecule has 0 aliphatic heterocycles. The molecule has 1 spiro atoms. The Labute approximate surface area is 184 Å². The molecule has 0 amide bonds. The minimum absolute atomic E-state index is 0.197. The van der Waals surface area contributed by atoms with Crippen LogP contribution < -0.4 is 0 Å². The topological polar surface area (TPSA) is 0 Å². The molecule has 31 heavy (non-hydrogen) atoms. The predicted octanol–water partition coefficient (Wildman–Crippen LogP) is 7.98. The van der Waals surface area contributed by atoms with Crippen molar-refractivity contribution in [2.45, 2.75) is 5.41 Å². The summed E-state index contributed by atoms with van der Waals surface area (Å²) in [6.07, 6.45) is 0. The Bertz CT molecular complexity index is 1520. The van der Waals surface area contributed by atoms with Crippen LogP contribution in [-0.2, 0) is 5.41 Å². The van der Waals surface area contributed by atoms with Crippen molar-refractivity contribution in [1.82, 2.24) is 0 Å². The minimum atomic E-state index is -0.518. The number of rotatable bonds is 0. The molecule has 0 atom stereocenters. The lowest BCUT2D eigenvalue weighted by Gasteiger charge is -2.31. The maximum atomic E-state index is 14.9. The van der Waals surface area contributed by atoms with E-state index in [1.165, 1.54) is 33.9 Å². The molecule has 0 radical (unpaired) electrons. The predicted molar refractivity (Wildman–Crippen MR) is 125 cm³/mol. The summed E-state index contributed by atoms with van der Waals surface area (Å²) in [5.74, 6) is -0.197. The molecule has 0 unspecified atom stereocenters. The third-order valence-corrected chi connectivity index (χ3v) is 7.34. The van der Waals surface area contributed by atoms with Crippen molar-refractivity contribution in [2.24, 2.45) is 0 Å². The average molecular weight is 419 g/mol. The van der Waals surface area contributed by atoms with E-state index in [0.29, 0.717) is 5.39 Å². The molecule has 2 heteroatoms. The van der Waals surface area contributed by atoms with Crippen LogP contribution in [0.3, 0.4) is 0 Å². The zero-order chi connectivity index (χ0) is 20.7. The van der Waals surface area contributed by atoms with Crippen molar-refractivity contribution in [1.29, 1.82) is 0 Å². The monoisotopic (exact) mass is 418 g/mol. The van der Waals surface area contributed by atoms with Crippen LogP contribution in [0.1, 0.15) is 22.3 Å². The van der Waals surface area contributed by atoms with Gasteiger partial charge in [0.25, 0.3) is 0 Å². The number of fused-ring (bicyclic) bond motifs is 12. The van der Waals surface area contributed by atoms with Crippen LogP contribution in [0.4, 0.5) is 4.39 Å². The Kier molecular flexibility index (Phi) is 3.25. The highest BCUT2D eigenvalue weighted by atomic mass is 35.5. The van der Waals surface area contributed by atoms with E-state index >= 15 is 0 Å². The molecule has 146 valence electrons. The molecule has 0 heterocycles. The second-order valence-electron chi connectivity index (χ2n) is 8.33. The lowest BCUT2D eigenvalue weighted by atomic mass is 9.69. The summed E-state index contributed by atoms with van der Waals surface area (Å²) in [5.41, 5.74) is 8.84. The zero-order valence-electron chi connectivity index (χ0n) is 16.5. The summed E-state index contributed by atoms with van der Waals surface area (Å²) < 4.78 is 14.9. The molecule has 0 nitrogen and oxygen atoms in total. The minimum Gasteiger partial charge on any atom is -0.206 e.